The van der Waals surface area contributed by atoms with E-state index >= 15 is 0 Å². The number of benzene rings is 2. The monoisotopic (exact) mass is 832 g/mol. The largest absolute Gasteiger partial charge is 0.481 e. The molecule has 316 valence electrons. The van der Waals surface area contributed by atoms with Gasteiger partial charge >= 0.3 is 18.0 Å². The predicted molar refractivity (Wildman–Crippen MR) is 222 cm³/mol. The molecule has 15 nitrogen and oxygen atoms in total. The summed E-state index contributed by atoms with van der Waals surface area (Å²) in [4.78, 5) is 56.6. The van der Waals surface area contributed by atoms with Crippen molar-refractivity contribution in [1.29, 1.82) is 0 Å². The van der Waals surface area contributed by atoms with Gasteiger partial charge in [-0.3, -0.25) is 9.36 Å². The highest BCUT2D eigenvalue weighted by Gasteiger charge is 2.44. The summed E-state index contributed by atoms with van der Waals surface area (Å²) < 4.78 is 32.8. The van der Waals surface area contributed by atoms with Crippen molar-refractivity contribution in [3.05, 3.63) is 53.3 Å². The summed E-state index contributed by atoms with van der Waals surface area (Å²) in [5, 5.41) is 10.3. The summed E-state index contributed by atoms with van der Waals surface area (Å²) in [7, 11) is 0. The Morgan fingerprint density at radius 3 is 2.46 bits per heavy atom. The van der Waals surface area contributed by atoms with Crippen molar-refractivity contribution in [2.45, 2.75) is 110 Å². The van der Waals surface area contributed by atoms with Gasteiger partial charge in [0.15, 0.2) is 11.4 Å². The minimum atomic E-state index is -0.872. The molecular weight excluding hydrogens is 780 g/mol. The van der Waals surface area contributed by atoms with Crippen LogP contribution in [0, 0.1) is 5.92 Å². The number of halogens is 1. The van der Waals surface area contributed by atoms with Crippen LogP contribution in [0.25, 0.3) is 33.1 Å². The molecule has 5 aromatic rings. The zero-order valence-corrected chi connectivity index (χ0v) is 35.5. The molecule has 2 aliphatic rings. The molecule has 59 heavy (non-hydrogen) atoms. The molecular formula is C43H53ClN6O9. The van der Waals surface area contributed by atoms with Gasteiger partial charge in [-0.2, -0.15) is 4.98 Å². The first-order valence-electron chi connectivity index (χ1n) is 20.2. The number of fused-ring (bicyclic) bond motifs is 4. The quantitative estimate of drug-likeness (QED) is 0.0948. The fraction of sp³-hybridized carbons (Fsp3) is 0.535. The Hall–Kier alpha value is -5.15. The molecule has 2 fully saturated rings. The van der Waals surface area contributed by atoms with Gasteiger partial charge in [0, 0.05) is 55.4 Å². The Morgan fingerprint density at radius 2 is 1.73 bits per heavy atom. The summed E-state index contributed by atoms with van der Waals surface area (Å²) in [6, 6.07) is 12.7. The van der Waals surface area contributed by atoms with Crippen LogP contribution in [-0.2, 0) is 30.2 Å². The van der Waals surface area contributed by atoms with E-state index in [-0.39, 0.29) is 44.0 Å². The maximum absolute atomic E-state index is 14.1. The zero-order chi connectivity index (χ0) is 42.2. The van der Waals surface area contributed by atoms with Crippen molar-refractivity contribution >= 4 is 68.6 Å². The van der Waals surface area contributed by atoms with Crippen molar-refractivity contribution in [3.63, 3.8) is 0 Å². The molecule has 3 aromatic heterocycles. The maximum atomic E-state index is 14.1. The van der Waals surface area contributed by atoms with Gasteiger partial charge in [0.2, 0.25) is 0 Å². The molecule has 2 saturated heterocycles. The molecule has 1 N–H and O–H groups in total. The number of carbonyl (C=O) groups excluding carboxylic acids is 2. The Labute approximate surface area is 347 Å². The molecule has 0 spiro atoms. The molecule has 2 aromatic carbocycles. The number of esters is 1. The fourth-order valence-electron chi connectivity index (χ4n) is 7.84. The van der Waals surface area contributed by atoms with Crippen molar-refractivity contribution in [3.8, 4) is 6.01 Å². The summed E-state index contributed by atoms with van der Waals surface area (Å²) in [5.74, 6) is -0.378. The minimum absolute atomic E-state index is 0.0169. The number of ether oxygens (including phenoxy) is 4. The summed E-state index contributed by atoms with van der Waals surface area (Å²) >= 11 is 6.46. The number of aromatic nitrogens is 4. The van der Waals surface area contributed by atoms with Crippen LogP contribution < -0.4 is 9.64 Å². The van der Waals surface area contributed by atoms with E-state index in [0.29, 0.717) is 83.8 Å². The smallest absolute Gasteiger partial charge is 0.410 e. The van der Waals surface area contributed by atoms with E-state index in [9.17, 15) is 14.4 Å². The first-order valence-corrected chi connectivity index (χ1v) is 20.6. The number of furan rings is 1. The van der Waals surface area contributed by atoms with Crippen LogP contribution in [0.1, 0.15) is 86.0 Å². The second-order valence-electron chi connectivity index (χ2n) is 17.4. The van der Waals surface area contributed by atoms with Crippen LogP contribution in [0.4, 0.5) is 10.6 Å². The molecule has 0 aliphatic carbocycles. The van der Waals surface area contributed by atoms with E-state index in [1.54, 1.807) is 4.90 Å². The number of likely N-dealkylation sites (tertiary alicyclic amines) is 1. The number of nitrogens with zero attached hydrogens (tertiary/aromatic N) is 6. The van der Waals surface area contributed by atoms with E-state index < -0.39 is 35.3 Å². The van der Waals surface area contributed by atoms with Gasteiger partial charge < -0.3 is 38.3 Å². The van der Waals surface area contributed by atoms with Gasteiger partial charge in [-0.25, -0.2) is 19.6 Å². The number of rotatable bonds is 12. The number of carbonyl (C=O) groups is 3. The highest BCUT2D eigenvalue weighted by atomic mass is 35.5. The number of carboxylic acid groups (broad SMARTS) is 1. The van der Waals surface area contributed by atoms with Crippen LogP contribution in [-0.4, -0.2) is 104 Å². The molecule has 0 radical (unpaired) electrons. The number of piperidine rings is 1. The fourth-order valence-corrected chi connectivity index (χ4v) is 8.01. The number of amides is 1. The summed E-state index contributed by atoms with van der Waals surface area (Å²) in [6.45, 7) is 15.0. The SMILES string of the molecule is C[C@@H]1CN(C(=O)OC(C)(C)C)CCC1n1c(O[C@H]2C[C@@H](C(=O)OC(C)(C)C)N(c3nc(CCOCCCC(=O)O)nc4c3oc3ccccc34)C2)nc2cc(Cl)ccc21. The lowest BCUT2D eigenvalue weighted by molar-refractivity contribution is -0.156. The molecule has 4 atom stereocenters. The number of carboxylic acids is 1. The maximum Gasteiger partial charge on any atom is 0.410 e. The average Bonchev–Trinajstić information content (AvgIpc) is 3.84. The third kappa shape index (κ3) is 9.67. The van der Waals surface area contributed by atoms with Crippen molar-refractivity contribution in [1.82, 2.24) is 24.4 Å². The van der Waals surface area contributed by atoms with Gasteiger partial charge in [0.05, 0.1) is 24.2 Å². The van der Waals surface area contributed by atoms with Crippen molar-refractivity contribution in [2.24, 2.45) is 5.92 Å². The summed E-state index contributed by atoms with van der Waals surface area (Å²) in [5.41, 5.74) is 1.81. The zero-order valence-electron chi connectivity index (χ0n) is 34.7. The normalized spacial score (nSPS) is 20.1. The van der Waals surface area contributed by atoms with E-state index in [0.717, 1.165) is 10.9 Å². The van der Waals surface area contributed by atoms with E-state index in [4.69, 9.17) is 55.0 Å². The first-order chi connectivity index (χ1) is 27.9. The lowest BCUT2D eigenvalue weighted by atomic mass is 9.93. The van der Waals surface area contributed by atoms with Crippen molar-refractivity contribution in [2.75, 3.05) is 37.7 Å². The highest BCUT2D eigenvalue weighted by molar-refractivity contribution is 6.31. The number of anilines is 1. The van der Waals surface area contributed by atoms with Crippen LogP contribution in [0.5, 0.6) is 6.01 Å². The average molecular weight is 833 g/mol. The lowest BCUT2D eigenvalue weighted by Crippen LogP contribution is -2.45. The number of aliphatic carboxylic acids is 1. The molecule has 2 aliphatic heterocycles. The number of hydrogen-bond donors (Lipinski definition) is 1. The van der Waals surface area contributed by atoms with Gasteiger partial charge in [0.25, 0.3) is 6.01 Å². The van der Waals surface area contributed by atoms with Gasteiger partial charge in [-0.05, 0) is 90.6 Å². The lowest BCUT2D eigenvalue weighted by Gasteiger charge is -2.38. The van der Waals surface area contributed by atoms with E-state index in [2.05, 4.69) is 11.5 Å². The molecule has 5 heterocycles. The molecule has 1 amide bonds. The van der Waals surface area contributed by atoms with Crippen LogP contribution in [0.3, 0.4) is 0 Å². The number of para-hydroxylation sites is 1. The molecule has 7 rings (SSSR count). The predicted octanol–water partition coefficient (Wildman–Crippen LogP) is 7.99. The second kappa shape index (κ2) is 16.8. The number of imidazole rings is 1. The molecule has 16 heteroatoms. The molecule has 0 saturated carbocycles. The highest BCUT2D eigenvalue weighted by Crippen LogP contribution is 2.40. The topological polar surface area (TPSA) is 172 Å². The van der Waals surface area contributed by atoms with E-state index in [1.165, 1.54) is 0 Å². The van der Waals surface area contributed by atoms with E-state index in [1.807, 2.05) is 88.9 Å². The van der Waals surface area contributed by atoms with Crippen LogP contribution in [0.15, 0.2) is 46.9 Å². The Morgan fingerprint density at radius 1 is 0.966 bits per heavy atom. The van der Waals surface area contributed by atoms with Gasteiger partial charge in [0.1, 0.15) is 40.3 Å². The van der Waals surface area contributed by atoms with Crippen LogP contribution in [0.2, 0.25) is 5.02 Å². The Bertz CT molecular complexity index is 2350. The first kappa shape index (κ1) is 42.0. The third-order valence-corrected chi connectivity index (χ3v) is 10.6. The van der Waals surface area contributed by atoms with Crippen molar-refractivity contribution < 1.29 is 42.9 Å². The van der Waals surface area contributed by atoms with Gasteiger partial charge in [-0.1, -0.05) is 30.7 Å². The molecule has 1 unspecified atom stereocenters. The standard InChI is InChI=1S/C43H53ClN6O9/c1-25-23-48(41(54)59-43(5,6)7)18-16-30(25)50-31-15-14-26(44)21-29(31)45-40(50)56-27-22-32(39(53)58-42(2,3)4)49(24-27)38-37-36(28-11-8-9-12-33(28)57-37)46-34(47-38)17-20-55-19-10-13-35(51)52/h8-9,11-12,14-15,21,25,27,30,32H,10,13,16-20,22-24H2,1-7H3,(H,51,52)/t25-,27+,30?,32+/m1/s1. The van der Waals surface area contributed by atoms with Crippen LogP contribution >= 0.6 is 11.6 Å². The Balaban J connectivity index is 1.22. The summed E-state index contributed by atoms with van der Waals surface area (Å²) in [6.07, 6.45) is 0.788. The third-order valence-electron chi connectivity index (χ3n) is 10.3. The Kier molecular flexibility index (Phi) is 12.0. The molecule has 0 bridgehead atoms. The van der Waals surface area contributed by atoms with Gasteiger partial charge in [-0.15, -0.1) is 0 Å². The minimum Gasteiger partial charge on any atom is -0.481 e. The number of hydrogen-bond acceptors (Lipinski definition) is 12. The second-order valence-corrected chi connectivity index (χ2v) is 17.9.